The molecule has 1 N–H and O–H groups in total. The predicted molar refractivity (Wildman–Crippen MR) is 140 cm³/mol. The van der Waals surface area contributed by atoms with Crippen molar-refractivity contribution in [2.24, 2.45) is 10.9 Å². The van der Waals surface area contributed by atoms with Gasteiger partial charge in [0.1, 0.15) is 11.7 Å². The second-order valence-corrected chi connectivity index (χ2v) is 9.84. The van der Waals surface area contributed by atoms with Gasteiger partial charge in [-0.1, -0.05) is 0 Å². The molecular weight excluding hydrogens is 518 g/mol. The van der Waals surface area contributed by atoms with Gasteiger partial charge in [0.25, 0.3) is 5.91 Å². The molecule has 1 saturated heterocycles. The fourth-order valence-corrected chi connectivity index (χ4v) is 4.81. The largest absolute Gasteiger partial charge is 0.481 e. The molecule has 0 aliphatic carbocycles. The molecule has 208 valence electrons. The number of rotatable bonds is 5. The number of nitrogens with zero attached hydrogens (tertiary/aromatic N) is 4. The van der Waals surface area contributed by atoms with Crippen molar-refractivity contribution in [2.45, 2.75) is 39.0 Å². The Bertz CT molecular complexity index is 1350. The van der Waals surface area contributed by atoms with E-state index in [1.54, 1.807) is 13.0 Å². The first kappa shape index (κ1) is 28.2. The average Bonchev–Trinajstić information content (AvgIpc) is 2.86. The van der Waals surface area contributed by atoms with Crippen molar-refractivity contribution in [1.82, 2.24) is 9.88 Å². The molecule has 2 aliphatic rings. The van der Waals surface area contributed by atoms with Crippen LogP contribution < -0.4 is 15.0 Å². The second-order valence-electron chi connectivity index (χ2n) is 9.84. The van der Waals surface area contributed by atoms with Gasteiger partial charge in [-0.05, 0) is 51.6 Å². The van der Waals surface area contributed by atoms with Crippen LogP contribution in [-0.2, 0) is 9.59 Å². The number of hydrogen-bond donors (Lipinski definition) is 1. The van der Waals surface area contributed by atoms with Gasteiger partial charge in [0.15, 0.2) is 0 Å². The zero-order chi connectivity index (χ0) is 28.6. The molecule has 2 aliphatic heterocycles. The molecule has 3 atom stereocenters. The fraction of sp³-hybridized carbons (Fsp3) is 0.407. The van der Waals surface area contributed by atoms with Gasteiger partial charge in [0, 0.05) is 54.8 Å². The van der Waals surface area contributed by atoms with Crippen LogP contribution in [0, 0.1) is 18.7 Å². The third kappa shape index (κ3) is 5.95. The number of halogens is 4. The van der Waals surface area contributed by atoms with Gasteiger partial charge in [0.05, 0.1) is 24.1 Å². The molecule has 3 heterocycles. The number of benzene rings is 1. The molecule has 0 radical (unpaired) electrons. The highest BCUT2D eigenvalue weighted by Crippen LogP contribution is 2.38. The van der Waals surface area contributed by atoms with Crippen LogP contribution in [0.5, 0.6) is 5.88 Å². The predicted octanol–water partition coefficient (Wildman–Crippen LogP) is 4.39. The summed E-state index contributed by atoms with van der Waals surface area (Å²) in [5.41, 5.74) is 0.214. The number of nitrogens with one attached hydrogen (secondary N) is 1. The summed E-state index contributed by atoms with van der Waals surface area (Å²) in [5.74, 6) is -4.33. The van der Waals surface area contributed by atoms with E-state index in [0.717, 1.165) is 0 Å². The SMILES string of the molecule is COc1cc(-c2cc(NC(=O)C3C=NC(=O)C=C3C(F)(F)F)c(N3C[C@@H](C)N(C)[C@@H](C)C3)cc2F)cc(C)n1. The third-order valence-corrected chi connectivity index (χ3v) is 7.07. The first-order valence-electron chi connectivity index (χ1n) is 12.3. The number of alkyl halides is 3. The molecule has 2 amide bonds. The molecule has 39 heavy (non-hydrogen) atoms. The highest BCUT2D eigenvalue weighted by atomic mass is 19.4. The van der Waals surface area contributed by atoms with Crippen molar-refractivity contribution in [3.63, 3.8) is 0 Å². The molecule has 0 saturated carbocycles. The Hall–Kier alpha value is -3.80. The summed E-state index contributed by atoms with van der Waals surface area (Å²) in [6.07, 6.45) is -3.92. The van der Waals surface area contributed by atoms with E-state index in [1.807, 2.05) is 25.8 Å². The molecule has 12 heteroatoms. The number of aromatic nitrogens is 1. The van der Waals surface area contributed by atoms with Gasteiger partial charge < -0.3 is 15.0 Å². The van der Waals surface area contributed by atoms with Crippen LogP contribution in [0.15, 0.2) is 40.9 Å². The summed E-state index contributed by atoms with van der Waals surface area (Å²) >= 11 is 0. The molecule has 0 bridgehead atoms. The van der Waals surface area contributed by atoms with E-state index in [2.05, 4.69) is 20.2 Å². The summed E-state index contributed by atoms with van der Waals surface area (Å²) < 4.78 is 61.8. The van der Waals surface area contributed by atoms with E-state index in [1.165, 1.54) is 25.3 Å². The van der Waals surface area contributed by atoms with E-state index in [9.17, 15) is 22.8 Å². The molecule has 1 aromatic carbocycles. The number of anilines is 2. The molecule has 1 unspecified atom stereocenters. The molecule has 0 spiro atoms. The number of ether oxygens (including phenoxy) is 1. The molecule has 1 fully saturated rings. The standard InChI is InChI=1S/C27H29F4N5O3/c1-14-6-17(7-25(33-14)39-5)18-8-22(23(10-21(18)28)36-12-15(2)35(4)16(3)13-36)34-26(38)19-11-32-24(37)9-20(19)27(29,30)31/h6-11,15-16,19H,12-13H2,1-5H3,(H,34,38)/t15-,16+,19?. The maximum absolute atomic E-state index is 15.6. The Kier molecular flexibility index (Phi) is 7.78. The maximum atomic E-state index is 15.6. The number of likely N-dealkylation sites (N-methyl/N-ethyl adjacent to an activating group) is 1. The lowest BCUT2D eigenvalue weighted by molar-refractivity contribution is -0.124. The maximum Gasteiger partial charge on any atom is 0.414 e. The van der Waals surface area contributed by atoms with E-state index in [-0.39, 0.29) is 29.2 Å². The summed E-state index contributed by atoms with van der Waals surface area (Å²) in [7, 11) is 3.40. The van der Waals surface area contributed by atoms with Crippen molar-refractivity contribution >= 4 is 29.4 Å². The number of methoxy groups -OCH3 is 1. The van der Waals surface area contributed by atoms with Gasteiger partial charge in [-0.15, -0.1) is 0 Å². The summed E-state index contributed by atoms with van der Waals surface area (Å²) in [5, 5.41) is 2.56. The zero-order valence-corrected chi connectivity index (χ0v) is 22.1. The Balaban J connectivity index is 1.80. The first-order valence-corrected chi connectivity index (χ1v) is 12.3. The van der Waals surface area contributed by atoms with E-state index < -0.39 is 35.3 Å². The van der Waals surface area contributed by atoms with Crippen LogP contribution >= 0.6 is 0 Å². The topological polar surface area (TPSA) is 87.1 Å². The lowest BCUT2D eigenvalue weighted by atomic mass is 9.95. The molecule has 8 nitrogen and oxygen atoms in total. The van der Waals surface area contributed by atoms with Crippen LogP contribution in [0.25, 0.3) is 11.1 Å². The quantitative estimate of drug-likeness (QED) is 0.559. The minimum absolute atomic E-state index is 0.0865. The van der Waals surface area contributed by atoms with Crippen molar-refractivity contribution in [2.75, 3.05) is 37.5 Å². The monoisotopic (exact) mass is 547 g/mol. The van der Waals surface area contributed by atoms with Crippen molar-refractivity contribution < 1.29 is 31.9 Å². The smallest absolute Gasteiger partial charge is 0.414 e. The summed E-state index contributed by atoms with van der Waals surface area (Å²) in [4.78, 5) is 36.4. The van der Waals surface area contributed by atoms with Gasteiger partial charge in [-0.2, -0.15) is 13.2 Å². The number of carbonyl (C=O) groups excluding carboxylic acids is 2. The van der Waals surface area contributed by atoms with Gasteiger partial charge in [0.2, 0.25) is 11.8 Å². The Morgan fingerprint density at radius 3 is 2.41 bits per heavy atom. The molecule has 1 aromatic heterocycles. The van der Waals surface area contributed by atoms with E-state index in [0.29, 0.717) is 42.3 Å². The number of aliphatic imine (C=N–C) groups is 1. The van der Waals surface area contributed by atoms with Crippen LogP contribution in [-0.4, -0.2) is 73.4 Å². The number of carbonyl (C=O) groups is 2. The highest BCUT2D eigenvalue weighted by Gasteiger charge is 2.43. The molecular formula is C27H29F4N5O3. The van der Waals surface area contributed by atoms with E-state index in [4.69, 9.17) is 4.74 Å². The van der Waals surface area contributed by atoms with Crippen molar-refractivity contribution in [1.29, 1.82) is 0 Å². The summed E-state index contributed by atoms with van der Waals surface area (Å²) in [6, 6.07) is 6.01. The van der Waals surface area contributed by atoms with Crippen molar-refractivity contribution in [3.05, 3.63) is 47.4 Å². The Morgan fingerprint density at radius 1 is 1.13 bits per heavy atom. The Morgan fingerprint density at radius 2 is 1.79 bits per heavy atom. The van der Waals surface area contributed by atoms with Gasteiger partial charge in [-0.3, -0.25) is 14.5 Å². The number of dihydropyridines is 1. The van der Waals surface area contributed by atoms with Crippen LogP contribution in [0.2, 0.25) is 0 Å². The number of pyridine rings is 1. The lowest BCUT2D eigenvalue weighted by Gasteiger charge is -2.44. The van der Waals surface area contributed by atoms with Crippen molar-refractivity contribution in [3.8, 4) is 17.0 Å². The molecule has 2 aromatic rings. The van der Waals surface area contributed by atoms with Crippen LogP contribution in [0.3, 0.4) is 0 Å². The number of aryl methyl sites for hydroxylation is 1. The molecule has 4 rings (SSSR count). The summed E-state index contributed by atoms with van der Waals surface area (Å²) in [6.45, 7) is 6.72. The highest BCUT2D eigenvalue weighted by molar-refractivity contribution is 6.11. The first-order chi connectivity index (χ1) is 18.3. The normalized spacial score (nSPS) is 22.1. The Labute approximate surface area is 223 Å². The van der Waals surface area contributed by atoms with E-state index >= 15 is 4.39 Å². The minimum Gasteiger partial charge on any atom is -0.481 e. The van der Waals surface area contributed by atoms with Gasteiger partial charge >= 0.3 is 6.18 Å². The van der Waals surface area contributed by atoms with Gasteiger partial charge in [-0.25, -0.2) is 14.4 Å². The number of piperazine rings is 1. The number of hydrogen-bond acceptors (Lipinski definition) is 6. The minimum atomic E-state index is -4.92. The number of amides is 2. The fourth-order valence-electron chi connectivity index (χ4n) is 4.81. The average molecular weight is 548 g/mol. The zero-order valence-electron chi connectivity index (χ0n) is 22.1. The second kappa shape index (κ2) is 10.8. The van der Waals surface area contributed by atoms with Crippen LogP contribution in [0.1, 0.15) is 19.5 Å². The third-order valence-electron chi connectivity index (χ3n) is 7.07. The lowest BCUT2D eigenvalue weighted by Crippen LogP contribution is -2.55. The van der Waals surface area contributed by atoms with Crippen LogP contribution in [0.4, 0.5) is 28.9 Å².